The third-order valence-electron chi connectivity index (χ3n) is 4.98. The zero-order valence-electron chi connectivity index (χ0n) is 15.4. The molecular formula is C22H22N2O3. The molecule has 2 aromatic carbocycles. The van der Waals surface area contributed by atoms with Crippen LogP contribution in [-0.4, -0.2) is 37.0 Å². The quantitative estimate of drug-likeness (QED) is 0.766. The molecule has 1 heterocycles. The fraction of sp³-hybridized carbons (Fsp3) is 0.318. The van der Waals surface area contributed by atoms with Gasteiger partial charge in [0.1, 0.15) is 0 Å². The molecule has 1 fully saturated rings. The number of hydrogen-bond donors (Lipinski definition) is 0. The van der Waals surface area contributed by atoms with E-state index in [4.69, 9.17) is 10.00 Å². The molecule has 1 aliphatic rings. The van der Waals surface area contributed by atoms with Gasteiger partial charge in [-0.05, 0) is 41.2 Å². The summed E-state index contributed by atoms with van der Waals surface area (Å²) in [4.78, 5) is 25.7. The summed E-state index contributed by atoms with van der Waals surface area (Å²) in [6.07, 6.45) is 1.58. The molecule has 0 spiro atoms. The Labute approximate surface area is 159 Å². The number of esters is 1. The summed E-state index contributed by atoms with van der Waals surface area (Å²) in [5.41, 5.74) is 3.69. The third kappa shape index (κ3) is 4.73. The first-order valence-electron chi connectivity index (χ1n) is 9.03. The van der Waals surface area contributed by atoms with Gasteiger partial charge in [0.15, 0.2) is 0 Å². The number of methoxy groups -OCH3 is 1. The lowest BCUT2D eigenvalue weighted by Crippen LogP contribution is -2.30. The minimum Gasteiger partial charge on any atom is -0.469 e. The van der Waals surface area contributed by atoms with Gasteiger partial charge in [-0.25, -0.2) is 0 Å². The monoisotopic (exact) mass is 362 g/mol. The molecule has 0 N–H and O–H groups in total. The fourth-order valence-corrected chi connectivity index (χ4v) is 3.38. The van der Waals surface area contributed by atoms with Crippen LogP contribution in [0.3, 0.4) is 0 Å². The highest BCUT2D eigenvalue weighted by Gasteiger charge is 2.27. The second-order valence-corrected chi connectivity index (χ2v) is 6.84. The molecule has 1 amide bonds. The van der Waals surface area contributed by atoms with E-state index >= 15 is 0 Å². The van der Waals surface area contributed by atoms with Gasteiger partial charge in [0.25, 0.3) is 0 Å². The third-order valence-corrected chi connectivity index (χ3v) is 4.98. The highest BCUT2D eigenvalue weighted by molar-refractivity contribution is 5.79. The highest BCUT2D eigenvalue weighted by atomic mass is 16.5. The Kier molecular flexibility index (Phi) is 5.87. The van der Waals surface area contributed by atoms with Crippen LogP contribution in [0, 0.1) is 17.2 Å². The molecule has 1 saturated heterocycles. The Morgan fingerprint density at radius 3 is 2.33 bits per heavy atom. The van der Waals surface area contributed by atoms with Crippen LogP contribution in [0.15, 0.2) is 48.5 Å². The number of nitriles is 1. The average Bonchev–Trinajstić information content (AvgIpc) is 3.17. The van der Waals surface area contributed by atoms with Crippen LogP contribution in [0.5, 0.6) is 0 Å². The number of nitrogens with zero attached hydrogens (tertiary/aromatic N) is 2. The fourth-order valence-electron chi connectivity index (χ4n) is 3.38. The summed E-state index contributed by atoms with van der Waals surface area (Å²) in [5.74, 6) is 0.0707. The van der Waals surface area contributed by atoms with E-state index in [1.165, 1.54) is 7.11 Å². The van der Waals surface area contributed by atoms with Crippen LogP contribution < -0.4 is 0 Å². The molecule has 1 unspecified atom stereocenters. The van der Waals surface area contributed by atoms with Crippen molar-refractivity contribution in [2.45, 2.75) is 19.3 Å². The number of carbonyl (C=O) groups is 2. The lowest BCUT2D eigenvalue weighted by molar-refractivity contribution is -0.142. The van der Waals surface area contributed by atoms with Crippen LogP contribution in [0.2, 0.25) is 0 Å². The predicted molar refractivity (Wildman–Crippen MR) is 102 cm³/mol. The molecule has 3 rings (SSSR count). The van der Waals surface area contributed by atoms with Crippen LogP contribution in [0.4, 0.5) is 0 Å². The summed E-state index contributed by atoms with van der Waals surface area (Å²) in [7, 11) is 1.39. The van der Waals surface area contributed by atoms with Crippen LogP contribution in [0.25, 0.3) is 11.1 Å². The molecule has 1 atom stereocenters. The molecule has 0 bridgehead atoms. The van der Waals surface area contributed by atoms with Crippen LogP contribution in [0.1, 0.15) is 24.0 Å². The summed E-state index contributed by atoms with van der Waals surface area (Å²) >= 11 is 0. The van der Waals surface area contributed by atoms with E-state index in [2.05, 4.69) is 6.07 Å². The predicted octanol–water partition coefficient (Wildman–Crippen LogP) is 3.18. The van der Waals surface area contributed by atoms with E-state index in [0.29, 0.717) is 31.5 Å². The van der Waals surface area contributed by atoms with Gasteiger partial charge in [-0.1, -0.05) is 36.4 Å². The minimum atomic E-state index is -0.215. The first kappa shape index (κ1) is 18.7. The standard InChI is InChI=1S/C22H22N2O3/c1-27-22(26)13-18-10-11-24(15-18)21(25)12-16-2-6-19(7-3-16)20-8-4-17(14-23)5-9-20/h2-9,18H,10-13,15H2,1H3. The highest BCUT2D eigenvalue weighted by Crippen LogP contribution is 2.23. The van der Waals surface area contributed by atoms with E-state index in [-0.39, 0.29) is 17.8 Å². The SMILES string of the molecule is COC(=O)CC1CCN(C(=O)Cc2ccc(-c3ccc(C#N)cc3)cc2)C1. The first-order valence-corrected chi connectivity index (χ1v) is 9.03. The number of ether oxygens (including phenoxy) is 1. The van der Waals surface area contributed by atoms with E-state index in [9.17, 15) is 9.59 Å². The van der Waals surface area contributed by atoms with Gasteiger partial charge in [-0.15, -0.1) is 0 Å². The van der Waals surface area contributed by atoms with E-state index in [1.54, 1.807) is 12.1 Å². The largest absolute Gasteiger partial charge is 0.469 e. The van der Waals surface area contributed by atoms with Crippen molar-refractivity contribution in [1.82, 2.24) is 4.90 Å². The van der Waals surface area contributed by atoms with Crippen molar-refractivity contribution in [1.29, 1.82) is 5.26 Å². The molecule has 0 aromatic heterocycles. The zero-order chi connectivity index (χ0) is 19.2. The number of amides is 1. The number of carbonyl (C=O) groups excluding carboxylic acids is 2. The van der Waals surface area contributed by atoms with Gasteiger partial charge in [-0.3, -0.25) is 9.59 Å². The molecule has 0 aliphatic carbocycles. The lowest BCUT2D eigenvalue weighted by Gasteiger charge is -2.16. The summed E-state index contributed by atoms with van der Waals surface area (Å²) in [6.45, 7) is 1.32. The lowest BCUT2D eigenvalue weighted by atomic mass is 10.0. The molecule has 5 nitrogen and oxygen atoms in total. The molecule has 0 saturated carbocycles. The number of rotatable bonds is 5. The van der Waals surface area contributed by atoms with E-state index < -0.39 is 0 Å². The number of benzene rings is 2. The second-order valence-electron chi connectivity index (χ2n) is 6.84. The molecule has 1 aliphatic heterocycles. The average molecular weight is 362 g/mol. The summed E-state index contributed by atoms with van der Waals surface area (Å²) in [5, 5.41) is 8.87. The van der Waals surface area contributed by atoms with Gasteiger partial charge in [-0.2, -0.15) is 5.26 Å². The Morgan fingerprint density at radius 1 is 1.11 bits per heavy atom. The molecule has 27 heavy (non-hydrogen) atoms. The molecule has 5 heteroatoms. The van der Waals surface area contributed by atoms with Crippen molar-refractivity contribution in [2.24, 2.45) is 5.92 Å². The van der Waals surface area contributed by atoms with Crippen LogP contribution in [-0.2, 0) is 20.7 Å². The summed E-state index contributed by atoms with van der Waals surface area (Å²) in [6, 6.07) is 17.5. The summed E-state index contributed by atoms with van der Waals surface area (Å²) < 4.78 is 4.71. The van der Waals surface area contributed by atoms with Crippen molar-refractivity contribution < 1.29 is 14.3 Å². The van der Waals surface area contributed by atoms with Crippen molar-refractivity contribution in [2.75, 3.05) is 20.2 Å². The van der Waals surface area contributed by atoms with Crippen molar-refractivity contribution in [3.63, 3.8) is 0 Å². The maximum Gasteiger partial charge on any atom is 0.305 e. The first-order chi connectivity index (χ1) is 13.1. The molecule has 138 valence electrons. The molecule has 0 radical (unpaired) electrons. The zero-order valence-corrected chi connectivity index (χ0v) is 15.4. The maximum absolute atomic E-state index is 12.5. The van der Waals surface area contributed by atoms with Crippen molar-refractivity contribution >= 4 is 11.9 Å². The Balaban J connectivity index is 1.57. The van der Waals surface area contributed by atoms with Gasteiger partial charge in [0.05, 0.1) is 31.6 Å². The molecule has 2 aromatic rings. The van der Waals surface area contributed by atoms with Crippen LogP contribution >= 0.6 is 0 Å². The number of likely N-dealkylation sites (tertiary alicyclic amines) is 1. The van der Waals surface area contributed by atoms with Crippen molar-refractivity contribution in [3.05, 3.63) is 59.7 Å². The normalized spacial score (nSPS) is 16.0. The Morgan fingerprint density at radius 2 is 1.74 bits per heavy atom. The minimum absolute atomic E-state index is 0.0912. The second kappa shape index (κ2) is 8.50. The van der Waals surface area contributed by atoms with E-state index in [0.717, 1.165) is 23.1 Å². The van der Waals surface area contributed by atoms with Gasteiger partial charge < -0.3 is 9.64 Å². The van der Waals surface area contributed by atoms with Gasteiger partial charge in [0, 0.05) is 13.1 Å². The number of hydrogen-bond acceptors (Lipinski definition) is 4. The topological polar surface area (TPSA) is 70.4 Å². The van der Waals surface area contributed by atoms with Crippen molar-refractivity contribution in [3.8, 4) is 17.2 Å². The molecular weight excluding hydrogens is 340 g/mol. The smallest absolute Gasteiger partial charge is 0.305 e. The van der Waals surface area contributed by atoms with Gasteiger partial charge >= 0.3 is 5.97 Å². The maximum atomic E-state index is 12.5. The Bertz CT molecular complexity index is 851. The Hall–Kier alpha value is -3.13. The van der Waals surface area contributed by atoms with E-state index in [1.807, 2.05) is 41.3 Å². The van der Waals surface area contributed by atoms with Gasteiger partial charge in [0.2, 0.25) is 5.91 Å².